The molecule has 7 nitrogen and oxygen atoms in total. The van der Waals surface area contributed by atoms with Gasteiger partial charge in [-0.2, -0.15) is 0 Å². The Morgan fingerprint density at radius 2 is 1.89 bits per heavy atom. The van der Waals surface area contributed by atoms with E-state index in [1.54, 1.807) is 18.2 Å². The van der Waals surface area contributed by atoms with Crippen LogP contribution in [0.3, 0.4) is 0 Å². The Balaban J connectivity index is 1.69. The number of hydrogen-bond donors (Lipinski definition) is 2. The number of hydrogen-bond acceptors (Lipinski definition) is 5. The van der Waals surface area contributed by atoms with Gasteiger partial charge < -0.3 is 4.74 Å². The minimum atomic E-state index is -0.770. The normalized spacial score (nSPS) is 12.3. The minimum absolute atomic E-state index is 0.0285. The summed E-state index contributed by atoms with van der Waals surface area (Å²) in [5.41, 5.74) is 3.27. The molecule has 192 valence electrons. The van der Waals surface area contributed by atoms with E-state index >= 15 is 0 Å². The number of benzene rings is 2. The van der Waals surface area contributed by atoms with Gasteiger partial charge in [-0.1, -0.05) is 44.5 Å². The quantitative estimate of drug-likeness (QED) is 0.353. The maximum Gasteiger partial charge on any atom is 0.412 e. The third-order valence-electron chi connectivity index (χ3n) is 5.34. The van der Waals surface area contributed by atoms with Crippen molar-refractivity contribution in [3.05, 3.63) is 70.9 Å². The molecule has 0 radical (unpaired) electrons. The first-order chi connectivity index (χ1) is 16.9. The summed E-state index contributed by atoms with van der Waals surface area (Å²) in [4.78, 5) is 29.2. The second-order valence-electron chi connectivity index (χ2n) is 9.64. The number of nitrogens with one attached hydrogen (secondary N) is 2. The molecule has 1 heterocycles. The Bertz CT molecular complexity index is 1250. The number of halogens is 3. The van der Waals surface area contributed by atoms with E-state index in [9.17, 15) is 18.4 Å². The average molecular weight is 519 g/mol. The van der Waals surface area contributed by atoms with E-state index in [0.717, 1.165) is 5.39 Å². The van der Waals surface area contributed by atoms with Gasteiger partial charge in [-0.3, -0.25) is 15.1 Å². The van der Waals surface area contributed by atoms with Crippen LogP contribution in [0.15, 0.2) is 48.7 Å². The lowest BCUT2D eigenvalue weighted by Crippen LogP contribution is -2.51. The summed E-state index contributed by atoms with van der Waals surface area (Å²) in [5.74, 6) is -1.06. The predicted molar refractivity (Wildman–Crippen MR) is 135 cm³/mol. The molecule has 0 saturated heterocycles. The first-order valence-electron chi connectivity index (χ1n) is 11.4. The van der Waals surface area contributed by atoms with E-state index in [0.29, 0.717) is 17.4 Å². The fourth-order valence-corrected chi connectivity index (χ4v) is 3.97. The molecule has 10 heteroatoms. The van der Waals surface area contributed by atoms with E-state index in [1.807, 2.05) is 20.8 Å². The molecule has 0 aliphatic heterocycles. The number of rotatable bonds is 8. The number of hydrazine groups is 1. The summed E-state index contributed by atoms with van der Waals surface area (Å²) in [6.07, 6.45) is 1.25. The van der Waals surface area contributed by atoms with Crippen molar-refractivity contribution in [2.45, 2.75) is 46.7 Å². The van der Waals surface area contributed by atoms with Crippen molar-refractivity contribution in [2.24, 2.45) is 5.41 Å². The molecule has 0 saturated carbocycles. The van der Waals surface area contributed by atoms with E-state index < -0.39 is 23.8 Å². The molecule has 0 bridgehead atoms. The average Bonchev–Trinajstić information content (AvgIpc) is 2.78. The second-order valence-corrected chi connectivity index (χ2v) is 10.0. The van der Waals surface area contributed by atoms with Crippen molar-refractivity contribution in [3.63, 3.8) is 0 Å². The van der Waals surface area contributed by atoms with Crippen molar-refractivity contribution >= 4 is 40.2 Å². The van der Waals surface area contributed by atoms with E-state index in [1.165, 1.54) is 42.4 Å². The number of aromatic nitrogens is 1. The molecule has 3 rings (SSSR count). The summed E-state index contributed by atoms with van der Waals surface area (Å²) in [6, 6.07) is 9.72. The highest BCUT2D eigenvalue weighted by Crippen LogP contribution is 2.25. The summed E-state index contributed by atoms with van der Waals surface area (Å²) >= 11 is 6.04. The van der Waals surface area contributed by atoms with Gasteiger partial charge in [0.2, 0.25) is 5.91 Å². The summed E-state index contributed by atoms with van der Waals surface area (Å²) in [5, 5.41) is 5.18. The van der Waals surface area contributed by atoms with Gasteiger partial charge in [0, 0.05) is 25.1 Å². The summed E-state index contributed by atoms with van der Waals surface area (Å²) in [6.45, 7) is 7.36. The number of pyridine rings is 1. The number of carbonyl (C=O) groups is 2. The minimum Gasteiger partial charge on any atom is -0.447 e. The van der Waals surface area contributed by atoms with Crippen LogP contribution in [0.5, 0.6) is 0 Å². The number of ether oxygens (including phenoxy) is 1. The van der Waals surface area contributed by atoms with E-state index in [4.69, 9.17) is 16.3 Å². The molecule has 3 aromatic rings. The highest BCUT2D eigenvalue weighted by atomic mass is 35.5. The van der Waals surface area contributed by atoms with Gasteiger partial charge in [0.05, 0.1) is 11.1 Å². The Hall–Kier alpha value is -3.30. The number of fused-ring (bicyclic) bond motifs is 1. The van der Waals surface area contributed by atoms with Gasteiger partial charge in [0.1, 0.15) is 24.1 Å². The SMILES string of the molecule is CC(=O)N(NCc1cccc(F)c1Cl)[C@H](COC(=O)Nc1cc2cc(F)ccc2cn1)CC(C)(C)C. The zero-order valence-electron chi connectivity index (χ0n) is 20.6. The van der Waals surface area contributed by atoms with Crippen molar-refractivity contribution < 1.29 is 23.1 Å². The molecule has 1 aromatic heterocycles. The monoisotopic (exact) mass is 518 g/mol. The van der Waals surface area contributed by atoms with Crippen LogP contribution in [0.4, 0.5) is 19.4 Å². The van der Waals surface area contributed by atoms with Crippen LogP contribution in [0.25, 0.3) is 10.8 Å². The molecule has 36 heavy (non-hydrogen) atoms. The third-order valence-corrected chi connectivity index (χ3v) is 5.77. The molecule has 2 N–H and O–H groups in total. The van der Waals surface area contributed by atoms with Gasteiger partial charge in [0.25, 0.3) is 0 Å². The third kappa shape index (κ3) is 7.60. The number of anilines is 1. The number of carbonyl (C=O) groups excluding carboxylic acids is 2. The molecular formula is C26H29ClF2N4O3. The molecule has 2 aromatic carbocycles. The van der Waals surface area contributed by atoms with Crippen LogP contribution < -0.4 is 10.7 Å². The number of amides is 2. The van der Waals surface area contributed by atoms with Gasteiger partial charge >= 0.3 is 6.09 Å². The highest BCUT2D eigenvalue weighted by Gasteiger charge is 2.28. The van der Waals surface area contributed by atoms with Gasteiger partial charge in [-0.05, 0) is 53.1 Å². The molecule has 0 spiro atoms. The topological polar surface area (TPSA) is 83.6 Å². The summed E-state index contributed by atoms with van der Waals surface area (Å²) in [7, 11) is 0. The van der Waals surface area contributed by atoms with Crippen LogP contribution in [-0.4, -0.2) is 34.6 Å². The Morgan fingerprint density at radius 3 is 2.58 bits per heavy atom. The van der Waals surface area contributed by atoms with Crippen LogP contribution in [0.1, 0.15) is 39.7 Å². The van der Waals surface area contributed by atoms with Crippen LogP contribution in [-0.2, 0) is 16.1 Å². The fourth-order valence-electron chi connectivity index (χ4n) is 3.78. The Kier molecular flexibility index (Phi) is 8.81. The van der Waals surface area contributed by atoms with Crippen LogP contribution in [0, 0.1) is 17.0 Å². The van der Waals surface area contributed by atoms with Crippen molar-refractivity contribution in [1.82, 2.24) is 15.4 Å². The van der Waals surface area contributed by atoms with Crippen molar-refractivity contribution in [1.29, 1.82) is 0 Å². The smallest absolute Gasteiger partial charge is 0.412 e. The van der Waals surface area contributed by atoms with E-state index in [2.05, 4.69) is 15.7 Å². The first-order valence-corrected chi connectivity index (χ1v) is 11.8. The lowest BCUT2D eigenvalue weighted by molar-refractivity contribution is -0.137. The standard InChI is InChI=1S/C26H29ClF2N4O3/c1-16(34)33(31-14-18-6-5-7-22(29)24(18)27)21(12-26(2,3)4)15-36-25(35)32-23-11-19-10-20(28)9-8-17(19)13-30-23/h5-11,13,21,31H,12,14-15H2,1-4H3,(H,30,32,35)/t21-/m0/s1. The van der Waals surface area contributed by atoms with Crippen molar-refractivity contribution in [3.8, 4) is 0 Å². The molecule has 2 amide bonds. The van der Waals surface area contributed by atoms with Gasteiger partial charge in [-0.15, -0.1) is 0 Å². The zero-order valence-corrected chi connectivity index (χ0v) is 21.3. The molecule has 0 aliphatic rings. The maximum atomic E-state index is 13.8. The number of nitrogens with zero attached hydrogens (tertiary/aromatic N) is 2. The molecule has 0 aliphatic carbocycles. The lowest BCUT2D eigenvalue weighted by atomic mass is 9.88. The lowest BCUT2D eigenvalue weighted by Gasteiger charge is -2.35. The Morgan fingerprint density at radius 1 is 1.14 bits per heavy atom. The first kappa shape index (κ1) is 27.3. The highest BCUT2D eigenvalue weighted by molar-refractivity contribution is 6.31. The predicted octanol–water partition coefficient (Wildman–Crippen LogP) is 6.07. The Labute approximate surface area is 213 Å². The van der Waals surface area contributed by atoms with E-state index in [-0.39, 0.29) is 35.3 Å². The maximum absolute atomic E-state index is 13.8. The second kappa shape index (κ2) is 11.6. The summed E-state index contributed by atoms with van der Waals surface area (Å²) < 4.78 is 32.8. The van der Waals surface area contributed by atoms with Crippen LogP contribution in [0.2, 0.25) is 5.02 Å². The molecule has 0 fully saturated rings. The molecular weight excluding hydrogens is 490 g/mol. The largest absolute Gasteiger partial charge is 0.447 e. The zero-order chi connectivity index (χ0) is 26.5. The molecule has 1 atom stereocenters. The van der Waals surface area contributed by atoms with Gasteiger partial charge in [0.15, 0.2) is 0 Å². The van der Waals surface area contributed by atoms with Crippen molar-refractivity contribution in [2.75, 3.05) is 11.9 Å². The van der Waals surface area contributed by atoms with Gasteiger partial charge in [-0.25, -0.2) is 24.0 Å². The fraction of sp³-hybridized carbons (Fsp3) is 0.346. The van der Waals surface area contributed by atoms with Crippen LogP contribution >= 0.6 is 11.6 Å². The molecule has 0 unspecified atom stereocenters.